The highest BCUT2D eigenvalue weighted by molar-refractivity contribution is 7.34. The Kier molecular flexibility index (Phi) is 22.1. The van der Waals surface area contributed by atoms with Gasteiger partial charge in [-0.2, -0.15) is 0 Å². The van der Waals surface area contributed by atoms with Crippen molar-refractivity contribution in [3.05, 3.63) is 163 Å². The summed E-state index contributed by atoms with van der Waals surface area (Å²) in [6, 6.07) is 39.5. The number of thiophene rings is 4. The third kappa shape index (κ3) is 13.1. The molecule has 10 heteroatoms. The Balaban J connectivity index is 1.16. The molecule has 0 saturated carbocycles. The molecule has 2 aliphatic carbocycles. The van der Waals surface area contributed by atoms with Crippen LogP contribution in [0.2, 0.25) is 0 Å². The highest BCUT2D eigenvalue weighted by Crippen LogP contribution is 2.70. The summed E-state index contributed by atoms with van der Waals surface area (Å²) in [4.78, 5) is 32.4. The zero-order chi connectivity index (χ0) is 58.1. The largest absolute Gasteiger partial charge is 0.494 e. The summed E-state index contributed by atoms with van der Waals surface area (Å²) < 4.78 is 29.3. The summed E-state index contributed by atoms with van der Waals surface area (Å²) in [5, 5.41) is 0. The Morgan fingerprint density at radius 1 is 0.333 bits per heavy atom. The zero-order valence-electron chi connectivity index (χ0n) is 50.4. The second-order valence-corrected chi connectivity index (χ2v) is 27.6. The summed E-state index contributed by atoms with van der Waals surface area (Å²) in [6.07, 6.45) is 30.6. The van der Waals surface area contributed by atoms with E-state index in [0.29, 0.717) is 36.2 Å². The fourth-order valence-electron chi connectivity index (χ4n) is 13.1. The average Bonchev–Trinajstić information content (AvgIpc) is 1.55. The standard InChI is InChI=1S/C74H88O6S4/c1-5-9-13-17-21-25-41-77-57-37-29-33-53(45-57)73(54-34-30-38-58(46-54)78-42-26-22-18-14-10-6-2)63-49-61(51-75)81-67(63)69-65(73)71-72(83-69)66-70(84-71)68-64(50-62(52-76)82-68)74(66,55-35-31-39-59(47-55)79-43-27-23-19-15-11-7-3)56-36-32-40-60(48-56)80-44-28-24-20-16-12-8-4/h29-40,45-52H,5-28,41-44H2,1-4H3. The summed E-state index contributed by atoms with van der Waals surface area (Å²) >= 11 is 6.93. The Hall–Kier alpha value is -5.52. The number of ether oxygens (including phenoxy) is 4. The number of fused-ring (bicyclic) bond motifs is 9. The van der Waals surface area contributed by atoms with Crippen LogP contribution in [0, 0.1) is 0 Å². The molecule has 2 aliphatic rings. The van der Waals surface area contributed by atoms with Gasteiger partial charge in [0.05, 0.1) is 75.9 Å². The second-order valence-electron chi connectivity index (χ2n) is 23.4. The first-order chi connectivity index (χ1) is 41.4. The molecule has 8 aromatic rings. The predicted molar refractivity (Wildman–Crippen MR) is 356 cm³/mol. The lowest BCUT2D eigenvalue weighted by Gasteiger charge is -2.34. The number of unbranched alkanes of at least 4 members (excludes halogenated alkanes) is 20. The first kappa shape index (κ1) is 61.6. The molecule has 4 aromatic heterocycles. The summed E-state index contributed by atoms with van der Waals surface area (Å²) in [6.45, 7) is 11.7. The molecule has 0 N–H and O–H groups in total. The van der Waals surface area contributed by atoms with E-state index in [1.165, 1.54) is 133 Å². The van der Waals surface area contributed by atoms with E-state index in [4.69, 9.17) is 18.9 Å². The zero-order valence-corrected chi connectivity index (χ0v) is 53.7. The molecule has 0 saturated heterocycles. The van der Waals surface area contributed by atoms with Crippen molar-refractivity contribution in [2.45, 2.75) is 193 Å². The van der Waals surface area contributed by atoms with E-state index in [9.17, 15) is 9.59 Å². The van der Waals surface area contributed by atoms with E-state index >= 15 is 0 Å². The lowest BCUT2D eigenvalue weighted by Crippen LogP contribution is -2.29. The van der Waals surface area contributed by atoms with Crippen LogP contribution in [0.1, 0.15) is 246 Å². The van der Waals surface area contributed by atoms with Crippen molar-refractivity contribution in [2.24, 2.45) is 0 Å². The van der Waals surface area contributed by atoms with Crippen LogP contribution in [-0.4, -0.2) is 39.0 Å². The van der Waals surface area contributed by atoms with Gasteiger partial charge in [0, 0.05) is 11.1 Å². The van der Waals surface area contributed by atoms with Crippen molar-refractivity contribution in [2.75, 3.05) is 26.4 Å². The van der Waals surface area contributed by atoms with Crippen LogP contribution in [0.5, 0.6) is 23.0 Å². The molecule has 0 amide bonds. The van der Waals surface area contributed by atoms with Gasteiger partial charge in [-0.1, -0.05) is 205 Å². The molecule has 0 bridgehead atoms. The minimum Gasteiger partial charge on any atom is -0.494 e. The molecule has 6 nitrogen and oxygen atoms in total. The summed E-state index contributed by atoms with van der Waals surface area (Å²) in [7, 11) is 0. The molecule has 10 rings (SSSR count). The molecule has 444 valence electrons. The Morgan fingerprint density at radius 2 is 0.607 bits per heavy atom. The van der Waals surface area contributed by atoms with E-state index in [-0.39, 0.29) is 0 Å². The predicted octanol–water partition coefficient (Wildman–Crippen LogP) is 22.4. The van der Waals surface area contributed by atoms with Crippen molar-refractivity contribution >= 4 is 67.3 Å². The van der Waals surface area contributed by atoms with Crippen LogP contribution in [0.15, 0.2) is 109 Å². The molecule has 0 fully saturated rings. The van der Waals surface area contributed by atoms with E-state index in [1.54, 1.807) is 22.7 Å². The van der Waals surface area contributed by atoms with Gasteiger partial charge in [-0.05, 0) is 120 Å². The number of carbonyl (C=O) groups is 2. The third-order valence-electron chi connectivity index (χ3n) is 17.4. The topological polar surface area (TPSA) is 71.1 Å². The molecule has 0 atom stereocenters. The number of hydrogen-bond donors (Lipinski definition) is 0. The van der Waals surface area contributed by atoms with E-state index in [0.717, 1.165) is 130 Å². The van der Waals surface area contributed by atoms with Gasteiger partial charge in [-0.3, -0.25) is 9.59 Å². The van der Waals surface area contributed by atoms with Crippen LogP contribution in [0.3, 0.4) is 0 Å². The van der Waals surface area contributed by atoms with Crippen LogP contribution in [0.4, 0.5) is 0 Å². The molecule has 0 spiro atoms. The quantitative estimate of drug-likeness (QED) is 0.0284. The molecule has 0 unspecified atom stereocenters. The smallest absolute Gasteiger partial charge is 0.160 e. The summed E-state index contributed by atoms with van der Waals surface area (Å²) in [5.74, 6) is 3.38. The van der Waals surface area contributed by atoms with E-state index in [2.05, 4.69) is 137 Å². The summed E-state index contributed by atoms with van der Waals surface area (Å²) in [5.41, 5.74) is 7.38. The first-order valence-corrected chi connectivity index (χ1v) is 35.4. The maximum absolute atomic E-state index is 13.2. The van der Waals surface area contributed by atoms with Gasteiger partial charge in [-0.25, -0.2) is 0 Å². The third-order valence-corrected chi connectivity index (χ3v) is 22.4. The van der Waals surface area contributed by atoms with Crippen molar-refractivity contribution in [3.63, 3.8) is 0 Å². The monoisotopic (exact) mass is 1200 g/mol. The Labute approximate surface area is 517 Å². The van der Waals surface area contributed by atoms with Crippen molar-refractivity contribution in [1.82, 2.24) is 0 Å². The van der Waals surface area contributed by atoms with Crippen LogP contribution in [-0.2, 0) is 10.8 Å². The van der Waals surface area contributed by atoms with Crippen molar-refractivity contribution in [3.8, 4) is 42.5 Å². The lowest BCUT2D eigenvalue weighted by molar-refractivity contribution is 0.111. The fourth-order valence-corrected chi connectivity index (χ4v) is 18.6. The van der Waals surface area contributed by atoms with Gasteiger partial charge >= 0.3 is 0 Å². The highest BCUT2D eigenvalue weighted by Gasteiger charge is 2.55. The van der Waals surface area contributed by atoms with E-state index in [1.807, 2.05) is 22.7 Å². The second kappa shape index (κ2) is 30.2. The maximum atomic E-state index is 13.2. The minimum atomic E-state index is -0.845. The van der Waals surface area contributed by atoms with Gasteiger partial charge in [0.2, 0.25) is 0 Å². The van der Waals surface area contributed by atoms with E-state index < -0.39 is 10.8 Å². The number of rotatable bonds is 38. The number of aldehydes is 2. The first-order valence-electron chi connectivity index (χ1n) is 32.2. The molecule has 4 heterocycles. The Bertz CT molecular complexity index is 3060. The van der Waals surface area contributed by atoms with Crippen molar-refractivity contribution < 1.29 is 28.5 Å². The van der Waals surface area contributed by atoms with Crippen LogP contribution in [0.25, 0.3) is 28.9 Å². The molecule has 0 aliphatic heterocycles. The number of carbonyl (C=O) groups excluding carboxylic acids is 2. The molecule has 84 heavy (non-hydrogen) atoms. The molecular weight excluding hydrogens is 1110 g/mol. The molecule has 0 radical (unpaired) electrons. The molecule has 4 aromatic carbocycles. The normalized spacial score (nSPS) is 13.4. The number of hydrogen-bond acceptors (Lipinski definition) is 10. The number of benzene rings is 4. The maximum Gasteiger partial charge on any atom is 0.160 e. The SMILES string of the molecule is CCCCCCCCOc1cccc(C2(c3cccc(OCCCCCCCC)c3)c3cc(C=O)sc3-c3sc4c5c(sc4c32)-c2sc(C=O)cc2C5(c2cccc(OCCCCCCCC)c2)c2cccc(OCCCCCCCC)c2)c1. The van der Waals surface area contributed by atoms with Gasteiger partial charge < -0.3 is 18.9 Å². The van der Waals surface area contributed by atoms with Gasteiger partial charge in [0.15, 0.2) is 12.6 Å². The lowest BCUT2D eigenvalue weighted by atomic mass is 9.67. The molecular formula is C74H88O6S4. The van der Waals surface area contributed by atoms with Crippen LogP contribution >= 0.6 is 45.3 Å². The van der Waals surface area contributed by atoms with Gasteiger partial charge in [-0.15, -0.1) is 45.3 Å². The highest BCUT2D eigenvalue weighted by atomic mass is 32.1. The fraction of sp³-hybridized carbons (Fsp3) is 0.459. The Morgan fingerprint density at radius 3 is 0.881 bits per heavy atom. The minimum absolute atomic E-state index is 0.652. The van der Waals surface area contributed by atoms with Gasteiger partial charge in [0.1, 0.15) is 23.0 Å². The van der Waals surface area contributed by atoms with Gasteiger partial charge in [0.25, 0.3) is 0 Å². The average molecular weight is 1200 g/mol. The van der Waals surface area contributed by atoms with Crippen LogP contribution < -0.4 is 18.9 Å². The van der Waals surface area contributed by atoms with Crippen molar-refractivity contribution in [1.29, 1.82) is 0 Å².